The predicted molar refractivity (Wildman–Crippen MR) is 68.0 cm³/mol. The second-order valence-corrected chi connectivity index (χ2v) is 6.73. The van der Waals surface area contributed by atoms with E-state index in [0.29, 0.717) is 0 Å². The Morgan fingerprint density at radius 2 is 1.74 bits per heavy atom. The molecule has 1 saturated heterocycles. The molecular weight excluding hydrogens is 244 g/mol. The number of amides is 4. The van der Waals surface area contributed by atoms with Crippen LogP contribution >= 0.6 is 0 Å². The molecule has 0 radical (unpaired) electrons. The van der Waals surface area contributed by atoms with Gasteiger partial charge in [-0.1, -0.05) is 26.7 Å². The van der Waals surface area contributed by atoms with E-state index in [1.54, 1.807) is 0 Å². The smallest absolute Gasteiger partial charge is 0.277 e. The Kier molecular flexibility index (Phi) is 2.69. The molecule has 1 N–H and O–H groups in total. The molecule has 0 aromatic heterocycles. The zero-order valence-electron chi connectivity index (χ0n) is 11.4. The highest BCUT2D eigenvalue weighted by atomic mass is 16.2. The molecule has 5 nitrogen and oxygen atoms in total. The Morgan fingerprint density at radius 1 is 1.16 bits per heavy atom. The molecule has 2 unspecified atom stereocenters. The average Bonchev–Trinajstić information content (AvgIpc) is 2.76. The summed E-state index contributed by atoms with van der Waals surface area (Å²) < 4.78 is 0. The third-order valence-electron chi connectivity index (χ3n) is 4.88. The first-order chi connectivity index (χ1) is 8.92. The van der Waals surface area contributed by atoms with Crippen LogP contribution in [0.15, 0.2) is 0 Å². The van der Waals surface area contributed by atoms with Gasteiger partial charge in [0.15, 0.2) is 0 Å². The van der Waals surface area contributed by atoms with E-state index in [2.05, 4.69) is 5.32 Å². The van der Waals surface area contributed by atoms with Crippen LogP contribution in [0.5, 0.6) is 0 Å². The Labute approximate surface area is 112 Å². The molecule has 3 rings (SSSR count). The lowest BCUT2D eigenvalue weighted by Crippen LogP contribution is -2.60. The molecule has 3 fully saturated rings. The molecule has 1 aliphatic heterocycles. The number of urea groups is 1. The summed E-state index contributed by atoms with van der Waals surface area (Å²) in [5.74, 6) is -1.19. The normalized spacial score (nSPS) is 34.6. The van der Waals surface area contributed by atoms with Gasteiger partial charge in [-0.05, 0) is 30.6 Å². The zero-order chi connectivity index (χ0) is 13.8. The number of nitrogens with zero attached hydrogens (tertiary/aromatic N) is 1. The summed E-state index contributed by atoms with van der Waals surface area (Å²) >= 11 is 0. The van der Waals surface area contributed by atoms with E-state index in [4.69, 9.17) is 0 Å². The minimum absolute atomic E-state index is 0.00634. The van der Waals surface area contributed by atoms with Gasteiger partial charge in [-0.25, -0.2) is 4.79 Å². The van der Waals surface area contributed by atoms with Crippen LogP contribution in [0.4, 0.5) is 4.79 Å². The first-order valence-electron chi connectivity index (χ1n) is 7.10. The second-order valence-electron chi connectivity index (χ2n) is 6.73. The van der Waals surface area contributed by atoms with Gasteiger partial charge in [0.05, 0.1) is 0 Å². The molecule has 104 valence electrons. The Bertz CT molecular complexity index is 427. The van der Waals surface area contributed by atoms with Crippen molar-refractivity contribution in [1.29, 1.82) is 0 Å². The fraction of sp³-hybridized carbons (Fsp3) is 0.786. The van der Waals surface area contributed by atoms with Crippen molar-refractivity contribution in [3.05, 3.63) is 0 Å². The fourth-order valence-corrected chi connectivity index (χ4v) is 3.49. The van der Waals surface area contributed by atoms with Crippen LogP contribution in [-0.4, -0.2) is 28.8 Å². The summed E-state index contributed by atoms with van der Waals surface area (Å²) in [7, 11) is 0. The third kappa shape index (κ3) is 1.95. The zero-order valence-corrected chi connectivity index (χ0v) is 11.4. The van der Waals surface area contributed by atoms with Gasteiger partial charge in [0, 0.05) is 6.04 Å². The maximum atomic E-state index is 12.5. The molecule has 2 atom stereocenters. The van der Waals surface area contributed by atoms with E-state index >= 15 is 0 Å². The number of imide groups is 2. The summed E-state index contributed by atoms with van der Waals surface area (Å²) in [4.78, 5) is 37.7. The van der Waals surface area contributed by atoms with E-state index in [0.717, 1.165) is 32.1 Å². The van der Waals surface area contributed by atoms with Crippen molar-refractivity contribution in [2.24, 2.45) is 17.3 Å². The Hall–Kier alpha value is -1.39. The molecule has 0 aromatic carbocycles. The van der Waals surface area contributed by atoms with Gasteiger partial charge in [-0.2, -0.15) is 0 Å². The molecule has 3 aliphatic rings. The standard InChI is InChI=1S/C14H20N2O3/c1-14(2)7-9(14)16-12(18)10(8-5-3-4-6-8)11(17)15-13(16)19/h8-10H,3-7H2,1-2H3,(H,15,17,19). The minimum Gasteiger partial charge on any atom is -0.277 e. The van der Waals surface area contributed by atoms with Crippen molar-refractivity contribution in [1.82, 2.24) is 10.2 Å². The Morgan fingerprint density at radius 3 is 2.26 bits per heavy atom. The van der Waals surface area contributed by atoms with Crippen LogP contribution < -0.4 is 5.32 Å². The van der Waals surface area contributed by atoms with Crippen molar-refractivity contribution in [2.75, 3.05) is 0 Å². The molecule has 2 aliphatic carbocycles. The summed E-state index contributed by atoms with van der Waals surface area (Å²) in [6, 6.07) is -0.572. The first-order valence-corrected chi connectivity index (χ1v) is 7.10. The predicted octanol–water partition coefficient (Wildman–Crippen LogP) is 1.67. The molecule has 0 spiro atoms. The summed E-state index contributed by atoms with van der Waals surface area (Å²) in [6.45, 7) is 4.08. The number of barbiturate groups is 1. The highest BCUT2D eigenvalue weighted by Gasteiger charge is 2.57. The van der Waals surface area contributed by atoms with Crippen molar-refractivity contribution in [3.8, 4) is 0 Å². The number of hydrogen-bond donors (Lipinski definition) is 1. The summed E-state index contributed by atoms with van der Waals surface area (Å²) in [5.41, 5.74) is -0.00634. The second kappa shape index (κ2) is 4.05. The maximum absolute atomic E-state index is 12.5. The molecule has 19 heavy (non-hydrogen) atoms. The Balaban J connectivity index is 1.83. The molecule has 4 amide bonds. The van der Waals surface area contributed by atoms with Crippen molar-refractivity contribution >= 4 is 17.8 Å². The third-order valence-corrected chi connectivity index (χ3v) is 4.88. The summed E-state index contributed by atoms with van der Waals surface area (Å²) in [5, 5.41) is 2.37. The van der Waals surface area contributed by atoms with Gasteiger partial charge in [0.2, 0.25) is 11.8 Å². The van der Waals surface area contributed by atoms with E-state index in [9.17, 15) is 14.4 Å². The van der Waals surface area contributed by atoms with Crippen LogP contribution in [0.2, 0.25) is 0 Å². The SMILES string of the molecule is CC1(C)CC1N1C(=O)NC(=O)C(C2CCCC2)C1=O. The number of rotatable bonds is 2. The van der Waals surface area contributed by atoms with Crippen molar-refractivity contribution in [3.63, 3.8) is 0 Å². The molecule has 0 aromatic rings. The number of nitrogens with one attached hydrogen (secondary N) is 1. The summed E-state index contributed by atoms with van der Waals surface area (Å²) in [6.07, 6.45) is 4.81. The monoisotopic (exact) mass is 264 g/mol. The molecule has 0 bridgehead atoms. The minimum atomic E-state index is -0.642. The van der Waals surface area contributed by atoms with E-state index in [1.807, 2.05) is 13.8 Å². The molecule has 1 heterocycles. The fourth-order valence-electron chi connectivity index (χ4n) is 3.49. The van der Waals surface area contributed by atoms with Crippen molar-refractivity contribution < 1.29 is 14.4 Å². The van der Waals surface area contributed by atoms with Gasteiger partial charge in [-0.15, -0.1) is 0 Å². The van der Waals surface area contributed by atoms with Gasteiger partial charge in [-0.3, -0.25) is 19.8 Å². The average molecular weight is 264 g/mol. The van der Waals surface area contributed by atoms with E-state index in [1.165, 1.54) is 4.90 Å². The van der Waals surface area contributed by atoms with Crippen LogP contribution in [0, 0.1) is 17.3 Å². The van der Waals surface area contributed by atoms with Crippen LogP contribution in [0.3, 0.4) is 0 Å². The number of carbonyl (C=O) groups is 3. The maximum Gasteiger partial charge on any atom is 0.331 e. The highest BCUT2D eigenvalue weighted by Crippen LogP contribution is 2.50. The van der Waals surface area contributed by atoms with Crippen LogP contribution in [0.25, 0.3) is 0 Å². The van der Waals surface area contributed by atoms with Gasteiger partial charge in [0.1, 0.15) is 5.92 Å². The van der Waals surface area contributed by atoms with Gasteiger partial charge < -0.3 is 0 Å². The van der Waals surface area contributed by atoms with Gasteiger partial charge in [0.25, 0.3) is 0 Å². The van der Waals surface area contributed by atoms with Gasteiger partial charge >= 0.3 is 6.03 Å². The number of hydrogen-bond acceptors (Lipinski definition) is 3. The molecule has 5 heteroatoms. The van der Waals surface area contributed by atoms with Crippen LogP contribution in [0.1, 0.15) is 46.0 Å². The quantitative estimate of drug-likeness (QED) is 0.771. The largest absolute Gasteiger partial charge is 0.331 e. The van der Waals surface area contributed by atoms with Crippen molar-refractivity contribution in [2.45, 2.75) is 52.0 Å². The lowest BCUT2D eigenvalue weighted by Gasteiger charge is -2.33. The topological polar surface area (TPSA) is 66.5 Å². The van der Waals surface area contributed by atoms with E-state index < -0.39 is 17.9 Å². The van der Waals surface area contributed by atoms with E-state index in [-0.39, 0.29) is 23.3 Å². The number of carbonyl (C=O) groups excluding carboxylic acids is 3. The highest BCUT2D eigenvalue weighted by molar-refractivity contribution is 6.16. The van der Waals surface area contributed by atoms with Crippen LogP contribution in [-0.2, 0) is 9.59 Å². The lowest BCUT2D eigenvalue weighted by atomic mass is 9.87. The lowest BCUT2D eigenvalue weighted by molar-refractivity contribution is -0.145. The molecule has 2 saturated carbocycles. The first kappa shape index (κ1) is 12.6. The molecular formula is C14H20N2O3.